The second-order valence-electron chi connectivity index (χ2n) is 4.98. The first-order valence-corrected chi connectivity index (χ1v) is 6.79. The van der Waals surface area contributed by atoms with Crippen LogP contribution in [0.25, 0.3) is 0 Å². The van der Waals surface area contributed by atoms with Crippen LogP contribution >= 0.6 is 11.6 Å². The maximum atomic E-state index is 6.19. The molecule has 1 unspecified atom stereocenters. The lowest BCUT2D eigenvalue weighted by Gasteiger charge is -2.26. The maximum absolute atomic E-state index is 6.19. The number of aryl methyl sites for hydroxylation is 1. The first-order valence-electron chi connectivity index (χ1n) is 6.42. The van der Waals surface area contributed by atoms with Crippen LogP contribution in [0.2, 0.25) is 5.02 Å². The highest BCUT2D eigenvalue weighted by atomic mass is 35.5. The van der Waals surface area contributed by atoms with Crippen molar-refractivity contribution in [3.05, 3.63) is 28.8 Å². The van der Waals surface area contributed by atoms with Crippen LogP contribution in [0.4, 0.5) is 5.69 Å². The van der Waals surface area contributed by atoms with Crippen LogP contribution in [-0.2, 0) is 0 Å². The van der Waals surface area contributed by atoms with Gasteiger partial charge in [0.1, 0.15) is 0 Å². The van der Waals surface area contributed by atoms with Gasteiger partial charge in [0.25, 0.3) is 0 Å². The lowest BCUT2D eigenvalue weighted by Crippen LogP contribution is -2.31. The second kappa shape index (κ2) is 5.74. The van der Waals surface area contributed by atoms with Crippen LogP contribution in [0.5, 0.6) is 0 Å². The number of hydrogen-bond donors (Lipinski definition) is 1. The number of anilines is 1. The van der Waals surface area contributed by atoms with Gasteiger partial charge in [-0.3, -0.25) is 0 Å². The number of hydrogen-bond acceptors (Lipinski definition) is 2. The van der Waals surface area contributed by atoms with Gasteiger partial charge in [0.2, 0.25) is 0 Å². The molecule has 0 bridgehead atoms. The largest absolute Gasteiger partial charge is 0.371 e. The molecular weight excluding hydrogens is 232 g/mol. The molecule has 2 nitrogen and oxygen atoms in total. The fourth-order valence-electron chi connectivity index (χ4n) is 2.44. The highest BCUT2D eigenvalue weighted by Crippen LogP contribution is 2.26. The summed E-state index contributed by atoms with van der Waals surface area (Å²) in [5.74, 6) is 0.623. The Morgan fingerprint density at radius 2 is 2.24 bits per heavy atom. The molecule has 1 aromatic rings. The van der Waals surface area contributed by atoms with Gasteiger partial charge in [0.15, 0.2) is 0 Å². The summed E-state index contributed by atoms with van der Waals surface area (Å²) < 4.78 is 0. The molecule has 17 heavy (non-hydrogen) atoms. The summed E-state index contributed by atoms with van der Waals surface area (Å²) in [5.41, 5.74) is 8.19. The number of benzene rings is 1. The summed E-state index contributed by atoms with van der Waals surface area (Å²) in [6.07, 6.45) is 3.80. The molecule has 1 atom stereocenters. The predicted octanol–water partition coefficient (Wildman–Crippen LogP) is 3.21. The van der Waals surface area contributed by atoms with Crippen molar-refractivity contribution in [2.24, 2.45) is 11.7 Å². The Hall–Kier alpha value is -0.730. The maximum Gasteiger partial charge on any atom is 0.0455 e. The molecule has 1 fully saturated rings. The van der Waals surface area contributed by atoms with Gasteiger partial charge in [-0.05, 0) is 49.9 Å². The van der Waals surface area contributed by atoms with Crippen molar-refractivity contribution < 1.29 is 0 Å². The van der Waals surface area contributed by atoms with Crippen LogP contribution in [-0.4, -0.2) is 19.6 Å². The van der Waals surface area contributed by atoms with Crippen LogP contribution in [0.1, 0.15) is 24.8 Å². The molecule has 2 rings (SSSR count). The fourth-order valence-corrected chi connectivity index (χ4v) is 2.61. The van der Waals surface area contributed by atoms with Gasteiger partial charge in [-0.2, -0.15) is 0 Å². The molecule has 1 heterocycles. The Morgan fingerprint density at radius 1 is 1.41 bits per heavy atom. The first kappa shape index (κ1) is 12.7. The summed E-state index contributed by atoms with van der Waals surface area (Å²) in [7, 11) is 0. The lowest BCUT2D eigenvalue weighted by molar-refractivity contribution is 0.508. The van der Waals surface area contributed by atoms with E-state index in [2.05, 4.69) is 23.1 Å². The van der Waals surface area contributed by atoms with E-state index < -0.39 is 0 Å². The van der Waals surface area contributed by atoms with Crippen LogP contribution < -0.4 is 10.6 Å². The zero-order valence-corrected chi connectivity index (χ0v) is 11.2. The van der Waals surface area contributed by atoms with Crippen LogP contribution in [0.3, 0.4) is 0 Å². The minimum Gasteiger partial charge on any atom is -0.371 e. The molecule has 1 saturated heterocycles. The molecule has 1 aliphatic rings. The third-order valence-electron chi connectivity index (χ3n) is 3.62. The van der Waals surface area contributed by atoms with Crippen LogP contribution in [0, 0.1) is 12.8 Å². The third-order valence-corrected chi connectivity index (χ3v) is 4.03. The van der Waals surface area contributed by atoms with E-state index in [9.17, 15) is 0 Å². The van der Waals surface area contributed by atoms with Gasteiger partial charge in [0, 0.05) is 23.8 Å². The van der Waals surface area contributed by atoms with Crippen molar-refractivity contribution in [2.45, 2.75) is 26.2 Å². The molecule has 0 aliphatic carbocycles. The molecule has 0 radical (unpaired) electrons. The van der Waals surface area contributed by atoms with Crippen molar-refractivity contribution >= 4 is 17.3 Å². The van der Waals surface area contributed by atoms with E-state index >= 15 is 0 Å². The second-order valence-corrected chi connectivity index (χ2v) is 5.38. The van der Waals surface area contributed by atoms with E-state index in [1.165, 1.54) is 24.9 Å². The van der Waals surface area contributed by atoms with Gasteiger partial charge in [-0.25, -0.2) is 0 Å². The standard InChI is InChI=1S/C14H21ClN2/c1-11-5-6-13(8-14(11)15)17-7-3-2-4-12(9-16)10-17/h5-6,8,12H,2-4,7,9-10,16H2,1H3. The van der Waals surface area contributed by atoms with Crippen molar-refractivity contribution in [2.75, 3.05) is 24.5 Å². The number of nitrogens with two attached hydrogens (primary N) is 1. The van der Waals surface area contributed by atoms with Crippen molar-refractivity contribution in [3.63, 3.8) is 0 Å². The summed E-state index contributed by atoms with van der Waals surface area (Å²) in [6.45, 7) is 5.01. The molecule has 0 spiro atoms. The highest BCUT2D eigenvalue weighted by molar-refractivity contribution is 6.31. The van der Waals surface area contributed by atoms with E-state index in [0.717, 1.165) is 30.2 Å². The lowest BCUT2D eigenvalue weighted by atomic mass is 10.0. The van der Waals surface area contributed by atoms with Gasteiger partial charge in [-0.1, -0.05) is 24.1 Å². The van der Waals surface area contributed by atoms with E-state index in [1.807, 2.05) is 6.92 Å². The van der Waals surface area contributed by atoms with Crippen molar-refractivity contribution in [1.82, 2.24) is 0 Å². The Balaban J connectivity index is 2.16. The third kappa shape index (κ3) is 3.14. The minimum absolute atomic E-state index is 0.623. The Kier molecular flexibility index (Phi) is 4.30. The normalized spacial score (nSPS) is 21.4. The molecule has 0 aromatic heterocycles. The summed E-state index contributed by atoms with van der Waals surface area (Å²) in [4.78, 5) is 2.43. The van der Waals surface area contributed by atoms with Crippen LogP contribution in [0.15, 0.2) is 18.2 Å². The van der Waals surface area contributed by atoms with Gasteiger partial charge < -0.3 is 10.6 Å². The molecule has 1 aromatic carbocycles. The van der Waals surface area contributed by atoms with E-state index in [0.29, 0.717) is 5.92 Å². The Bertz CT molecular complexity index is 378. The average Bonchev–Trinajstić information content (AvgIpc) is 2.58. The molecule has 1 aliphatic heterocycles. The monoisotopic (exact) mass is 252 g/mol. The van der Waals surface area contributed by atoms with E-state index in [-0.39, 0.29) is 0 Å². The number of nitrogens with zero attached hydrogens (tertiary/aromatic N) is 1. The smallest absolute Gasteiger partial charge is 0.0455 e. The van der Waals surface area contributed by atoms with E-state index in [4.69, 9.17) is 17.3 Å². The van der Waals surface area contributed by atoms with Crippen molar-refractivity contribution in [1.29, 1.82) is 0 Å². The van der Waals surface area contributed by atoms with E-state index in [1.54, 1.807) is 0 Å². The molecule has 0 amide bonds. The van der Waals surface area contributed by atoms with Gasteiger partial charge in [-0.15, -0.1) is 0 Å². The SMILES string of the molecule is Cc1ccc(N2CCCCC(CN)C2)cc1Cl. The number of halogens is 1. The molecular formula is C14H21ClN2. The quantitative estimate of drug-likeness (QED) is 0.876. The minimum atomic E-state index is 0.623. The predicted molar refractivity (Wildman–Crippen MR) is 74.8 cm³/mol. The zero-order chi connectivity index (χ0) is 12.3. The highest BCUT2D eigenvalue weighted by Gasteiger charge is 2.17. The Morgan fingerprint density at radius 3 is 2.94 bits per heavy atom. The van der Waals surface area contributed by atoms with Gasteiger partial charge in [0.05, 0.1) is 0 Å². The topological polar surface area (TPSA) is 29.3 Å². The molecule has 3 heteroatoms. The molecule has 94 valence electrons. The summed E-state index contributed by atoms with van der Waals surface area (Å²) in [5, 5.41) is 0.857. The molecule has 2 N–H and O–H groups in total. The average molecular weight is 253 g/mol. The number of rotatable bonds is 2. The molecule has 0 saturated carbocycles. The summed E-state index contributed by atoms with van der Waals surface area (Å²) >= 11 is 6.19. The zero-order valence-electron chi connectivity index (χ0n) is 10.5. The Labute approximate surface area is 109 Å². The van der Waals surface area contributed by atoms with Crippen molar-refractivity contribution in [3.8, 4) is 0 Å². The van der Waals surface area contributed by atoms with Gasteiger partial charge >= 0.3 is 0 Å². The summed E-state index contributed by atoms with van der Waals surface area (Å²) in [6, 6.07) is 6.34. The first-order chi connectivity index (χ1) is 8.20. The fraction of sp³-hybridized carbons (Fsp3) is 0.571.